The third-order valence-electron chi connectivity index (χ3n) is 9.93. The number of hydrogen-bond donors (Lipinski definition) is 1. The summed E-state index contributed by atoms with van der Waals surface area (Å²) in [5.41, 5.74) is 0.277. The van der Waals surface area contributed by atoms with Gasteiger partial charge in [-0.3, -0.25) is 9.36 Å². The molecule has 2 amide bonds. The van der Waals surface area contributed by atoms with Crippen LogP contribution in [0, 0.1) is 28.8 Å². The summed E-state index contributed by atoms with van der Waals surface area (Å²) in [4.78, 5) is 35.5. The lowest BCUT2D eigenvalue weighted by atomic mass is 9.69. The van der Waals surface area contributed by atoms with Crippen molar-refractivity contribution in [1.82, 2.24) is 24.7 Å². The highest BCUT2D eigenvalue weighted by Crippen LogP contribution is 2.49. The van der Waals surface area contributed by atoms with Gasteiger partial charge >= 0.3 is 6.03 Å². The van der Waals surface area contributed by atoms with Crippen LogP contribution in [0.4, 0.5) is 18.0 Å². The first-order valence-corrected chi connectivity index (χ1v) is 15.5. The van der Waals surface area contributed by atoms with Gasteiger partial charge in [0.05, 0.1) is 23.3 Å². The molecule has 3 atom stereocenters. The molecule has 6 rings (SSSR count). The van der Waals surface area contributed by atoms with E-state index < -0.39 is 23.5 Å². The number of likely N-dealkylation sites (tertiary alicyclic amines) is 2. The van der Waals surface area contributed by atoms with Crippen molar-refractivity contribution in [1.29, 1.82) is 0 Å². The van der Waals surface area contributed by atoms with Crippen LogP contribution in [0.3, 0.4) is 0 Å². The zero-order valence-electron chi connectivity index (χ0n) is 24.9. The van der Waals surface area contributed by atoms with Crippen molar-refractivity contribution in [3.05, 3.63) is 76.1 Å². The maximum Gasteiger partial charge on any atom is 0.320 e. The Morgan fingerprint density at radius 1 is 1.05 bits per heavy atom. The molecule has 1 spiro atoms. The average Bonchev–Trinajstić information content (AvgIpc) is 3.45. The molecule has 10 heteroatoms. The van der Waals surface area contributed by atoms with Crippen molar-refractivity contribution >= 4 is 16.9 Å². The third-order valence-corrected chi connectivity index (χ3v) is 9.93. The Labute approximate surface area is 250 Å². The Bertz CT molecular complexity index is 1550. The van der Waals surface area contributed by atoms with Gasteiger partial charge in [0.1, 0.15) is 17.5 Å². The fraction of sp³-hybridized carbons (Fsp3) is 0.545. The van der Waals surface area contributed by atoms with Crippen LogP contribution in [-0.2, 0) is 6.54 Å². The number of carbonyl (C=O) groups excluding carboxylic acids is 1. The number of hydrogen-bond acceptors (Lipinski definition) is 4. The number of nitrogens with one attached hydrogen (secondary N) is 1. The van der Waals surface area contributed by atoms with E-state index >= 15 is 4.39 Å². The molecule has 230 valence electrons. The molecule has 0 radical (unpaired) electrons. The van der Waals surface area contributed by atoms with E-state index in [9.17, 15) is 18.4 Å². The van der Waals surface area contributed by atoms with E-state index in [1.54, 1.807) is 15.8 Å². The van der Waals surface area contributed by atoms with Crippen molar-refractivity contribution in [3.63, 3.8) is 0 Å². The molecule has 2 saturated heterocycles. The minimum atomic E-state index is -0.576. The monoisotopic (exact) mass is 595 g/mol. The maximum atomic E-state index is 15.1. The third kappa shape index (κ3) is 5.90. The van der Waals surface area contributed by atoms with Crippen molar-refractivity contribution in [2.24, 2.45) is 11.3 Å². The number of piperidine rings is 2. The summed E-state index contributed by atoms with van der Waals surface area (Å²) in [6, 6.07) is 7.15. The molecule has 43 heavy (non-hydrogen) atoms. The summed E-state index contributed by atoms with van der Waals surface area (Å²) in [6.45, 7) is 6.10. The fourth-order valence-corrected chi connectivity index (χ4v) is 7.86. The number of aromatic nitrogens is 2. The quantitative estimate of drug-likeness (QED) is 0.392. The number of nitrogens with zero attached hydrogens (tertiary/aromatic N) is 4. The lowest BCUT2D eigenvalue weighted by molar-refractivity contribution is 0.0202. The first-order valence-electron chi connectivity index (χ1n) is 15.5. The van der Waals surface area contributed by atoms with Gasteiger partial charge in [-0.1, -0.05) is 26.7 Å². The van der Waals surface area contributed by atoms with Gasteiger partial charge in [0.15, 0.2) is 0 Å². The van der Waals surface area contributed by atoms with Gasteiger partial charge in [0.2, 0.25) is 0 Å². The number of urea groups is 1. The maximum absolute atomic E-state index is 15.1. The second-order valence-electron chi connectivity index (χ2n) is 13.0. The van der Waals surface area contributed by atoms with Crippen LogP contribution in [0.15, 0.2) is 47.5 Å². The topological polar surface area (TPSA) is 70.5 Å². The molecule has 7 nitrogen and oxygen atoms in total. The Balaban J connectivity index is 1.24. The lowest BCUT2D eigenvalue weighted by Gasteiger charge is -2.49. The van der Waals surface area contributed by atoms with Crippen molar-refractivity contribution in [2.75, 3.05) is 19.6 Å². The second-order valence-corrected chi connectivity index (χ2v) is 13.0. The molecule has 3 fully saturated rings. The van der Waals surface area contributed by atoms with Crippen LogP contribution in [0.1, 0.15) is 70.4 Å². The van der Waals surface area contributed by atoms with Crippen molar-refractivity contribution in [2.45, 2.75) is 83.5 Å². The molecule has 1 aromatic heterocycles. The van der Waals surface area contributed by atoms with Crippen LogP contribution < -0.4 is 10.9 Å². The molecular weight excluding hydrogens is 555 g/mol. The predicted molar refractivity (Wildman–Crippen MR) is 159 cm³/mol. The molecule has 3 heterocycles. The summed E-state index contributed by atoms with van der Waals surface area (Å²) in [6.07, 6.45) is 7.51. The molecule has 1 aliphatic carbocycles. The number of carbonyl (C=O) groups is 1. The van der Waals surface area contributed by atoms with Crippen LogP contribution in [0.5, 0.6) is 0 Å². The smallest absolute Gasteiger partial charge is 0.320 e. The Morgan fingerprint density at radius 2 is 1.79 bits per heavy atom. The van der Waals surface area contributed by atoms with Gasteiger partial charge in [0, 0.05) is 43.8 Å². The SMILES string of the molecule is CC(C)NC1CCN(C(=O)N2CC[C@@H](Cn3cnc4ccc(F)cc4c3=O)C3(CCCC3)C2)[C@H](c2cc(F)ccc2F)C1. The van der Waals surface area contributed by atoms with Gasteiger partial charge in [-0.2, -0.15) is 0 Å². The summed E-state index contributed by atoms with van der Waals surface area (Å²) in [5.74, 6) is -1.34. The fourth-order valence-electron chi connectivity index (χ4n) is 7.86. The minimum absolute atomic E-state index is 0.0889. The highest BCUT2D eigenvalue weighted by atomic mass is 19.1. The first kappa shape index (κ1) is 29.7. The van der Waals surface area contributed by atoms with Crippen LogP contribution in [0.25, 0.3) is 10.9 Å². The summed E-state index contributed by atoms with van der Waals surface area (Å²) in [7, 11) is 0. The number of rotatable bonds is 5. The molecule has 3 aliphatic rings. The molecule has 2 aromatic carbocycles. The summed E-state index contributed by atoms with van der Waals surface area (Å²) in [5, 5.41) is 3.79. The second kappa shape index (κ2) is 11.9. The van der Waals surface area contributed by atoms with E-state index in [4.69, 9.17) is 0 Å². The average molecular weight is 596 g/mol. The number of fused-ring (bicyclic) bond motifs is 1. The number of halogens is 3. The van der Waals surface area contributed by atoms with Crippen molar-refractivity contribution in [3.8, 4) is 0 Å². The molecule has 3 aromatic rings. The van der Waals surface area contributed by atoms with E-state index in [1.165, 1.54) is 24.3 Å². The predicted octanol–water partition coefficient (Wildman–Crippen LogP) is 6.02. The van der Waals surface area contributed by atoms with Crippen LogP contribution in [0.2, 0.25) is 0 Å². The Kier molecular flexibility index (Phi) is 8.24. The lowest BCUT2D eigenvalue weighted by Crippen LogP contribution is -2.57. The van der Waals surface area contributed by atoms with Gasteiger partial charge in [-0.25, -0.2) is 22.9 Å². The van der Waals surface area contributed by atoms with Gasteiger partial charge < -0.3 is 15.1 Å². The molecule has 1 saturated carbocycles. The zero-order valence-corrected chi connectivity index (χ0v) is 24.9. The first-order chi connectivity index (χ1) is 20.6. The number of benzene rings is 2. The molecule has 1 unspecified atom stereocenters. The van der Waals surface area contributed by atoms with E-state index in [-0.39, 0.29) is 46.0 Å². The molecular formula is C33H40F3N5O2. The highest BCUT2D eigenvalue weighted by Gasteiger charge is 2.48. The number of amides is 2. The van der Waals surface area contributed by atoms with Gasteiger partial charge in [-0.15, -0.1) is 0 Å². The van der Waals surface area contributed by atoms with Gasteiger partial charge in [0.25, 0.3) is 5.56 Å². The minimum Gasteiger partial charge on any atom is -0.324 e. The Hall–Kier alpha value is -3.40. The summed E-state index contributed by atoms with van der Waals surface area (Å²) >= 11 is 0. The van der Waals surface area contributed by atoms with Crippen LogP contribution >= 0.6 is 0 Å². The van der Waals surface area contributed by atoms with E-state index in [1.807, 2.05) is 4.90 Å². The van der Waals surface area contributed by atoms with E-state index in [0.29, 0.717) is 44.5 Å². The molecule has 2 aliphatic heterocycles. The van der Waals surface area contributed by atoms with E-state index in [0.717, 1.165) is 44.2 Å². The summed E-state index contributed by atoms with van der Waals surface area (Å²) < 4.78 is 44.9. The van der Waals surface area contributed by atoms with Gasteiger partial charge in [-0.05, 0) is 79.8 Å². The molecule has 0 bridgehead atoms. The normalized spacial score (nSPS) is 23.9. The van der Waals surface area contributed by atoms with Crippen molar-refractivity contribution < 1.29 is 18.0 Å². The molecule has 1 N–H and O–H groups in total. The standard InChI is InChI=1S/C33H40F3N5O2/c1-21(2)38-25-10-14-41(30(17-25)26-15-23(34)5-7-28(26)36)32(43)39-13-9-22(33(19-39)11-3-4-12-33)18-40-20-37-29-8-6-24(35)16-27(29)31(40)42/h5-8,15-16,20-22,25,30,38H,3-4,9-14,17-19H2,1-2H3/t22-,25?,30-/m0/s1. The van der Waals surface area contributed by atoms with Crippen LogP contribution in [-0.4, -0.2) is 57.1 Å². The zero-order chi connectivity index (χ0) is 30.3. The highest BCUT2D eigenvalue weighted by molar-refractivity contribution is 5.77. The largest absolute Gasteiger partial charge is 0.324 e. The Morgan fingerprint density at radius 3 is 2.56 bits per heavy atom. The van der Waals surface area contributed by atoms with E-state index in [2.05, 4.69) is 24.1 Å².